The van der Waals surface area contributed by atoms with Crippen molar-refractivity contribution in [3.63, 3.8) is 0 Å². The molecular weight excluding hydrogens is 260 g/mol. The van der Waals surface area contributed by atoms with Crippen molar-refractivity contribution in [2.24, 2.45) is 0 Å². The number of rotatable bonds is 3. The van der Waals surface area contributed by atoms with Gasteiger partial charge < -0.3 is 5.32 Å². The highest BCUT2D eigenvalue weighted by Gasteiger charge is 2.13. The van der Waals surface area contributed by atoms with Gasteiger partial charge in [0.25, 0.3) is 5.91 Å². The van der Waals surface area contributed by atoms with E-state index in [2.05, 4.69) is 10.3 Å². The predicted molar refractivity (Wildman–Crippen MR) is 76.0 cm³/mol. The molecule has 5 heteroatoms. The number of hydrogen-bond acceptors (Lipinski definition) is 4. The fourth-order valence-corrected chi connectivity index (χ4v) is 2.53. The standard InChI is InChI=1S/C14H14N2O2S/c1-8-13(19-10(3)15-8)14(18)16-12-6-4-11(5-7-12)9(2)17/h4-7H,1-3H3,(H,16,18). The number of Topliss-reactive ketones (excluding diaryl/α,β-unsaturated/α-hetero) is 1. The number of hydrogen-bond donors (Lipinski definition) is 1. The molecule has 0 saturated heterocycles. The maximum absolute atomic E-state index is 12.1. The number of thiazole rings is 1. The molecule has 0 aliphatic rings. The Labute approximate surface area is 115 Å². The molecule has 0 radical (unpaired) electrons. The van der Waals surface area contributed by atoms with Gasteiger partial charge in [0.05, 0.1) is 10.7 Å². The van der Waals surface area contributed by atoms with Gasteiger partial charge in [-0.05, 0) is 45.0 Å². The van der Waals surface area contributed by atoms with Crippen LogP contribution in [0.15, 0.2) is 24.3 Å². The van der Waals surface area contributed by atoms with Crippen LogP contribution in [0, 0.1) is 13.8 Å². The van der Waals surface area contributed by atoms with Gasteiger partial charge in [0.1, 0.15) is 4.88 Å². The van der Waals surface area contributed by atoms with Gasteiger partial charge in [0.15, 0.2) is 5.78 Å². The molecule has 0 spiro atoms. The maximum atomic E-state index is 12.1. The van der Waals surface area contributed by atoms with E-state index < -0.39 is 0 Å². The van der Waals surface area contributed by atoms with Gasteiger partial charge in [-0.1, -0.05) is 0 Å². The highest BCUT2D eigenvalue weighted by Crippen LogP contribution is 2.19. The molecule has 19 heavy (non-hydrogen) atoms. The molecule has 1 aromatic carbocycles. The first-order chi connectivity index (χ1) is 8.97. The van der Waals surface area contributed by atoms with Crippen LogP contribution in [0.1, 0.15) is 37.7 Å². The van der Waals surface area contributed by atoms with E-state index in [9.17, 15) is 9.59 Å². The molecule has 0 saturated carbocycles. The third-order valence-electron chi connectivity index (χ3n) is 2.66. The third-order valence-corrected chi connectivity index (χ3v) is 3.73. The van der Waals surface area contributed by atoms with E-state index in [0.29, 0.717) is 16.1 Å². The van der Waals surface area contributed by atoms with E-state index in [1.54, 1.807) is 24.3 Å². The Morgan fingerprint density at radius 2 is 1.79 bits per heavy atom. The number of anilines is 1. The fraction of sp³-hybridized carbons (Fsp3) is 0.214. The van der Waals surface area contributed by atoms with E-state index in [4.69, 9.17) is 0 Å². The molecule has 0 bridgehead atoms. The van der Waals surface area contributed by atoms with Crippen LogP contribution in [0.25, 0.3) is 0 Å². The normalized spacial score (nSPS) is 10.3. The van der Waals surface area contributed by atoms with E-state index in [1.807, 2.05) is 13.8 Å². The van der Waals surface area contributed by atoms with E-state index in [0.717, 1.165) is 10.7 Å². The minimum atomic E-state index is -0.168. The van der Waals surface area contributed by atoms with Crippen LogP contribution in [0.5, 0.6) is 0 Å². The lowest BCUT2D eigenvalue weighted by atomic mass is 10.1. The summed E-state index contributed by atoms with van der Waals surface area (Å²) in [6.07, 6.45) is 0. The second kappa shape index (κ2) is 5.32. The molecule has 98 valence electrons. The van der Waals surface area contributed by atoms with Gasteiger partial charge in [-0.3, -0.25) is 9.59 Å². The molecule has 0 aliphatic carbocycles. The molecular formula is C14H14N2O2S. The second-order valence-corrected chi connectivity index (χ2v) is 5.44. The Kier molecular flexibility index (Phi) is 3.76. The quantitative estimate of drug-likeness (QED) is 0.874. The van der Waals surface area contributed by atoms with Crippen molar-refractivity contribution in [3.05, 3.63) is 45.4 Å². The molecule has 0 aliphatic heterocycles. The lowest BCUT2D eigenvalue weighted by molar-refractivity contribution is 0.101. The third kappa shape index (κ3) is 3.06. The van der Waals surface area contributed by atoms with Gasteiger partial charge in [-0.15, -0.1) is 11.3 Å². The molecule has 0 fully saturated rings. The monoisotopic (exact) mass is 274 g/mol. The summed E-state index contributed by atoms with van der Waals surface area (Å²) in [6.45, 7) is 5.20. The molecule has 1 aromatic heterocycles. The molecule has 0 unspecified atom stereocenters. The van der Waals surface area contributed by atoms with Crippen molar-refractivity contribution < 1.29 is 9.59 Å². The number of carbonyl (C=O) groups is 2. The van der Waals surface area contributed by atoms with Crippen LogP contribution in [0.2, 0.25) is 0 Å². The number of aryl methyl sites for hydroxylation is 2. The molecule has 0 atom stereocenters. The van der Waals surface area contributed by atoms with Crippen molar-refractivity contribution >= 4 is 28.7 Å². The lowest BCUT2D eigenvalue weighted by Gasteiger charge is -2.04. The van der Waals surface area contributed by atoms with Crippen LogP contribution >= 0.6 is 11.3 Å². The fourth-order valence-electron chi connectivity index (χ4n) is 1.72. The molecule has 1 heterocycles. The first kappa shape index (κ1) is 13.4. The minimum Gasteiger partial charge on any atom is -0.321 e. The van der Waals surface area contributed by atoms with Crippen LogP contribution in [-0.2, 0) is 0 Å². The Bertz CT molecular complexity index is 629. The Morgan fingerprint density at radius 1 is 1.16 bits per heavy atom. The average molecular weight is 274 g/mol. The van der Waals surface area contributed by atoms with Crippen molar-refractivity contribution in [3.8, 4) is 0 Å². The van der Waals surface area contributed by atoms with Crippen molar-refractivity contribution in [1.29, 1.82) is 0 Å². The first-order valence-electron chi connectivity index (χ1n) is 5.84. The summed E-state index contributed by atoms with van der Waals surface area (Å²) in [4.78, 5) is 28.1. The number of nitrogens with zero attached hydrogens (tertiary/aromatic N) is 1. The van der Waals surface area contributed by atoms with E-state index >= 15 is 0 Å². The number of amides is 1. The smallest absolute Gasteiger partial charge is 0.267 e. The number of benzene rings is 1. The zero-order valence-corrected chi connectivity index (χ0v) is 11.8. The summed E-state index contributed by atoms with van der Waals surface area (Å²) in [5.74, 6) is -0.162. The SMILES string of the molecule is CC(=O)c1ccc(NC(=O)c2sc(C)nc2C)cc1. The van der Waals surface area contributed by atoms with Crippen LogP contribution in [0.3, 0.4) is 0 Å². The molecule has 2 aromatic rings. The summed E-state index contributed by atoms with van der Waals surface area (Å²) in [5.41, 5.74) is 2.03. The lowest BCUT2D eigenvalue weighted by Crippen LogP contribution is -2.11. The van der Waals surface area contributed by atoms with Gasteiger partial charge >= 0.3 is 0 Å². The molecule has 1 amide bonds. The Hall–Kier alpha value is -2.01. The van der Waals surface area contributed by atoms with E-state index in [-0.39, 0.29) is 11.7 Å². The minimum absolute atomic E-state index is 0.00630. The zero-order chi connectivity index (χ0) is 14.0. The average Bonchev–Trinajstić information content (AvgIpc) is 2.69. The van der Waals surface area contributed by atoms with Crippen LogP contribution < -0.4 is 5.32 Å². The summed E-state index contributed by atoms with van der Waals surface area (Å²) in [7, 11) is 0. The van der Waals surface area contributed by atoms with Gasteiger partial charge in [0, 0.05) is 11.3 Å². The maximum Gasteiger partial charge on any atom is 0.267 e. The predicted octanol–water partition coefficient (Wildman–Crippen LogP) is 3.21. The van der Waals surface area contributed by atoms with Crippen molar-refractivity contribution in [2.75, 3.05) is 5.32 Å². The summed E-state index contributed by atoms with van der Waals surface area (Å²) in [5, 5.41) is 3.67. The first-order valence-corrected chi connectivity index (χ1v) is 6.65. The zero-order valence-electron chi connectivity index (χ0n) is 11.0. The number of carbonyl (C=O) groups excluding carboxylic acids is 2. The highest BCUT2D eigenvalue weighted by atomic mass is 32.1. The molecule has 1 N–H and O–H groups in total. The largest absolute Gasteiger partial charge is 0.321 e. The number of aromatic nitrogens is 1. The topological polar surface area (TPSA) is 59.1 Å². The van der Waals surface area contributed by atoms with Crippen molar-refractivity contribution in [1.82, 2.24) is 4.98 Å². The van der Waals surface area contributed by atoms with Crippen LogP contribution in [-0.4, -0.2) is 16.7 Å². The van der Waals surface area contributed by atoms with E-state index in [1.165, 1.54) is 18.3 Å². The Morgan fingerprint density at radius 3 is 2.26 bits per heavy atom. The highest BCUT2D eigenvalue weighted by molar-refractivity contribution is 7.13. The summed E-state index contributed by atoms with van der Waals surface area (Å²) in [6, 6.07) is 6.83. The van der Waals surface area contributed by atoms with Crippen LogP contribution in [0.4, 0.5) is 5.69 Å². The van der Waals surface area contributed by atoms with Gasteiger partial charge in [-0.2, -0.15) is 0 Å². The van der Waals surface area contributed by atoms with Gasteiger partial charge in [0.2, 0.25) is 0 Å². The molecule has 4 nitrogen and oxygen atoms in total. The second-order valence-electron chi connectivity index (χ2n) is 4.24. The van der Waals surface area contributed by atoms with Gasteiger partial charge in [-0.25, -0.2) is 4.98 Å². The van der Waals surface area contributed by atoms with Crippen molar-refractivity contribution in [2.45, 2.75) is 20.8 Å². The summed E-state index contributed by atoms with van der Waals surface area (Å²) >= 11 is 1.37. The summed E-state index contributed by atoms with van der Waals surface area (Å²) < 4.78 is 0. The number of ketones is 1. The molecule has 2 rings (SSSR count). The Balaban J connectivity index is 2.15. The number of nitrogens with one attached hydrogen (secondary N) is 1.